The number of hydrogen-bond donors (Lipinski definition) is 8. The van der Waals surface area contributed by atoms with Crippen LogP contribution in [0.3, 0.4) is 0 Å². The van der Waals surface area contributed by atoms with Crippen LogP contribution in [-0.4, -0.2) is 60.4 Å². The second kappa shape index (κ2) is 10.9. The molecule has 0 unspecified atom stereocenters. The first-order chi connectivity index (χ1) is 25.1. The van der Waals surface area contributed by atoms with E-state index in [1.165, 1.54) is 4.57 Å². The molecule has 0 saturated carbocycles. The summed E-state index contributed by atoms with van der Waals surface area (Å²) in [6, 6.07) is 29.1. The minimum atomic E-state index is -1.12. The molecule has 0 bridgehead atoms. The fourth-order valence-corrected chi connectivity index (χ4v) is 6.70. The van der Waals surface area contributed by atoms with Crippen molar-refractivity contribution < 1.29 is 45.3 Å². The van der Waals surface area contributed by atoms with Crippen molar-refractivity contribution in [3.8, 4) is 85.8 Å². The van der Waals surface area contributed by atoms with Crippen LogP contribution in [0.5, 0.6) is 46.0 Å². The van der Waals surface area contributed by atoms with Crippen molar-refractivity contribution in [3.63, 3.8) is 0 Å². The number of phenols is 8. The number of furan rings is 1. The smallest absolute Gasteiger partial charge is 0.206 e. The Morgan fingerprint density at radius 1 is 0.404 bits per heavy atom. The summed E-state index contributed by atoms with van der Waals surface area (Å²) in [5.41, 5.74) is 2.32. The Morgan fingerprint density at radius 2 is 0.885 bits per heavy atom. The minimum Gasteiger partial charge on any atom is -0.504 e. The molecule has 0 fully saturated rings. The summed E-state index contributed by atoms with van der Waals surface area (Å²) in [6.45, 7) is 0. The highest BCUT2D eigenvalue weighted by Crippen LogP contribution is 2.59. The Balaban J connectivity index is 1.37. The molecule has 0 aliphatic carbocycles. The zero-order valence-corrected chi connectivity index (χ0v) is 26.5. The maximum absolute atomic E-state index is 11.2. The van der Waals surface area contributed by atoms with Crippen LogP contribution in [0, 0.1) is 0 Å². The normalized spacial score (nSPS) is 11.7. The fourth-order valence-electron chi connectivity index (χ4n) is 6.70. The van der Waals surface area contributed by atoms with E-state index in [4.69, 9.17) is 19.4 Å². The van der Waals surface area contributed by atoms with Crippen molar-refractivity contribution in [1.82, 2.24) is 19.5 Å². The van der Waals surface area contributed by atoms with E-state index in [0.717, 1.165) is 11.1 Å². The average molecular weight is 693 g/mol. The third-order valence-corrected chi connectivity index (χ3v) is 9.11. The monoisotopic (exact) mass is 692 g/mol. The number of hydrogen-bond acceptors (Lipinski definition) is 12. The summed E-state index contributed by atoms with van der Waals surface area (Å²) < 4.78 is 7.38. The first-order valence-corrected chi connectivity index (χ1v) is 15.8. The number of aromatic hydroxyl groups is 8. The fraction of sp³-hybridized carbons (Fsp3) is 0. The van der Waals surface area contributed by atoms with Gasteiger partial charge in [0.05, 0.1) is 21.8 Å². The molecule has 254 valence electrons. The second-order valence-electron chi connectivity index (χ2n) is 12.1. The molecule has 3 aromatic heterocycles. The van der Waals surface area contributed by atoms with Crippen LogP contribution in [0.2, 0.25) is 0 Å². The molecule has 13 heteroatoms. The molecule has 52 heavy (non-hydrogen) atoms. The van der Waals surface area contributed by atoms with Crippen molar-refractivity contribution in [2.45, 2.75) is 0 Å². The number of aromatic nitrogens is 4. The predicted molar refractivity (Wildman–Crippen MR) is 191 cm³/mol. The van der Waals surface area contributed by atoms with Crippen molar-refractivity contribution in [2.24, 2.45) is 0 Å². The lowest BCUT2D eigenvalue weighted by molar-refractivity contribution is 0.350. The predicted octanol–water partition coefficient (Wildman–Crippen LogP) is 7.51. The Bertz CT molecular complexity index is 2810. The zero-order valence-electron chi connectivity index (χ0n) is 26.5. The van der Waals surface area contributed by atoms with E-state index < -0.39 is 56.8 Å². The third kappa shape index (κ3) is 4.19. The highest BCUT2D eigenvalue weighted by atomic mass is 16.4. The van der Waals surface area contributed by atoms with Gasteiger partial charge in [-0.2, -0.15) is 0 Å². The molecule has 0 aliphatic heterocycles. The van der Waals surface area contributed by atoms with E-state index in [-0.39, 0.29) is 16.7 Å². The Kier molecular flexibility index (Phi) is 6.38. The SMILES string of the molecule is Oc1c(O)c(O)c2c(c1O)c1c(O)c(O)c(O)c(O)c1n2-c1cccc2oc3ccc(-c4nc(-c5ccccc5)nc(-c5ccccc5)n4)cc3c12. The molecule has 0 atom stereocenters. The molecule has 0 saturated heterocycles. The maximum atomic E-state index is 11.2. The van der Waals surface area contributed by atoms with E-state index in [1.807, 2.05) is 60.7 Å². The van der Waals surface area contributed by atoms with Gasteiger partial charge in [-0.3, -0.25) is 0 Å². The standard InChI is InChI=1S/C39H24N4O9/c44-29-25-26-28(32(47)36(51)34(49)30(26)45)43(27(25)31(46)35(50)33(29)48)21-12-7-13-23-24(21)20-16-19(14-15-22(20)52-23)39-41-37(17-8-3-1-4-9-17)40-38(42-39)18-10-5-2-6-11-18/h1-16,44-51H. The largest absolute Gasteiger partial charge is 0.504 e. The van der Waals surface area contributed by atoms with Gasteiger partial charge in [0.25, 0.3) is 0 Å². The Morgan fingerprint density at radius 3 is 1.40 bits per heavy atom. The van der Waals surface area contributed by atoms with Crippen molar-refractivity contribution >= 4 is 43.7 Å². The number of nitrogens with zero attached hydrogens (tertiary/aromatic N) is 4. The molecule has 6 aromatic carbocycles. The molecule has 0 spiro atoms. The number of benzene rings is 6. The molecule has 0 radical (unpaired) electrons. The lowest BCUT2D eigenvalue weighted by Gasteiger charge is -2.13. The summed E-state index contributed by atoms with van der Waals surface area (Å²) in [5, 5.41) is 86.6. The molecule has 0 aliphatic rings. The van der Waals surface area contributed by atoms with Crippen LogP contribution >= 0.6 is 0 Å². The highest BCUT2D eigenvalue weighted by Gasteiger charge is 2.33. The van der Waals surface area contributed by atoms with Crippen molar-refractivity contribution in [1.29, 1.82) is 0 Å². The average Bonchev–Trinajstić information content (AvgIpc) is 3.75. The summed E-state index contributed by atoms with van der Waals surface area (Å²) in [4.78, 5) is 14.4. The first kappa shape index (κ1) is 30.4. The van der Waals surface area contributed by atoms with Crippen LogP contribution in [0.4, 0.5) is 0 Å². The summed E-state index contributed by atoms with van der Waals surface area (Å²) >= 11 is 0. The Labute approximate surface area is 291 Å². The van der Waals surface area contributed by atoms with Gasteiger partial charge >= 0.3 is 0 Å². The molecule has 13 nitrogen and oxygen atoms in total. The molecule has 3 heterocycles. The van der Waals surface area contributed by atoms with E-state index in [0.29, 0.717) is 45.0 Å². The molecule has 9 rings (SSSR count). The van der Waals surface area contributed by atoms with Gasteiger partial charge in [0.1, 0.15) is 22.2 Å². The molecular weight excluding hydrogens is 668 g/mol. The van der Waals surface area contributed by atoms with E-state index in [9.17, 15) is 40.9 Å². The maximum Gasteiger partial charge on any atom is 0.206 e. The second-order valence-corrected chi connectivity index (χ2v) is 12.1. The molecule has 0 amide bonds. The first-order valence-electron chi connectivity index (χ1n) is 15.8. The molecular formula is C39H24N4O9. The summed E-state index contributed by atoms with van der Waals surface area (Å²) in [6.07, 6.45) is 0. The van der Waals surface area contributed by atoms with Gasteiger partial charge in [0.2, 0.25) is 23.0 Å². The zero-order chi connectivity index (χ0) is 36.0. The summed E-state index contributed by atoms with van der Waals surface area (Å²) in [5.74, 6) is -6.98. The topological polar surface area (TPSA) is 219 Å². The molecule has 8 N–H and O–H groups in total. The van der Waals surface area contributed by atoms with Crippen LogP contribution < -0.4 is 0 Å². The van der Waals surface area contributed by atoms with Gasteiger partial charge in [-0.05, 0) is 30.3 Å². The van der Waals surface area contributed by atoms with Crippen LogP contribution in [0.1, 0.15) is 0 Å². The van der Waals surface area contributed by atoms with E-state index in [1.54, 1.807) is 36.4 Å². The third-order valence-electron chi connectivity index (χ3n) is 9.11. The Hall–Kier alpha value is -7.67. The van der Waals surface area contributed by atoms with Crippen LogP contribution in [0.15, 0.2) is 101 Å². The lowest BCUT2D eigenvalue weighted by atomic mass is 10.1. The number of fused-ring (bicyclic) bond motifs is 6. The highest BCUT2D eigenvalue weighted by molar-refractivity contribution is 6.22. The van der Waals surface area contributed by atoms with Gasteiger partial charge in [0, 0.05) is 22.1 Å². The van der Waals surface area contributed by atoms with Crippen LogP contribution in [-0.2, 0) is 0 Å². The van der Waals surface area contributed by atoms with E-state index >= 15 is 0 Å². The van der Waals surface area contributed by atoms with Gasteiger partial charge < -0.3 is 49.8 Å². The van der Waals surface area contributed by atoms with E-state index in [2.05, 4.69) is 0 Å². The lowest BCUT2D eigenvalue weighted by Crippen LogP contribution is -2.00. The number of phenolic OH excluding ortho intramolecular Hbond substituents is 8. The minimum absolute atomic E-state index is 0.179. The quantitative estimate of drug-likeness (QED) is 0.0663. The summed E-state index contributed by atoms with van der Waals surface area (Å²) in [7, 11) is 0. The van der Waals surface area contributed by atoms with Crippen molar-refractivity contribution in [2.75, 3.05) is 0 Å². The van der Waals surface area contributed by atoms with Gasteiger partial charge in [0.15, 0.2) is 40.5 Å². The number of rotatable bonds is 4. The van der Waals surface area contributed by atoms with Gasteiger partial charge in [-0.15, -0.1) is 0 Å². The van der Waals surface area contributed by atoms with Crippen LogP contribution in [0.25, 0.3) is 83.6 Å². The molecule has 9 aromatic rings. The van der Waals surface area contributed by atoms with Gasteiger partial charge in [-0.1, -0.05) is 66.7 Å². The van der Waals surface area contributed by atoms with Crippen molar-refractivity contribution in [3.05, 3.63) is 97.1 Å². The van der Waals surface area contributed by atoms with Gasteiger partial charge in [-0.25, -0.2) is 15.0 Å².